The zero-order valence-corrected chi connectivity index (χ0v) is 16.7. The summed E-state index contributed by atoms with van der Waals surface area (Å²) in [6.07, 6.45) is 0. The number of ether oxygens (including phenoxy) is 3. The van der Waals surface area contributed by atoms with Crippen LogP contribution in [-0.2, 0) is 6.61 Å². The Morgan fingerprint density at radius 2 is 2.10 bits per heavy atom. The quantitative estimate of drug-likeness (QED) is 0.377. The number of carbonyl (C=O) groups excluding carboxylic acids is 1. The maximum absolute atomic E-state index is 12.7. The molecule has 0 unspecified atom stereocenters. The summed E-state index contributed by atoms with van der Waals surface area (Å²) in [5, 5.41) is 15.7. The number of nitro benzene ring substituents is 1. The van der Waals surface area contributed by atoms with E-state index in [4.69, 9.17) is 9.47 Å². The van der Waals surface area contributed by atoms with Crippen molar-refractivity contribution in [3.63, 3.8) is 0 Å². The van der Waals surface area contributed by atoms with Gasteiger partial charge in [0.05, 0.1) is 29.3 Å². The molecule has 31 heavy (non-hydrogen) atoms. The van der Waals surface area contributed by atoms with Crippen LogP contribution >= 0.6 is 11.3 Å². The summed E-state index contributed by atoms with van der Waals surface area (Å²) >= 11 is 1.37. The highest BCUT2D eigenvalue weighted by atomic mass is 32.1. The molecule has 3 aromatic rings. The third-order valence-corrected chi connectivity index (χ3v) is 4.53. The van der Waals surface area contributed by atoms with Crippen LogP contribution < -0.4 is 19.5 Å². The normalized spacial score (nSPS) is 10.6. The van der Waals surface area contributed by atoms with E-state index in [0.717, 1.165) is 6.07 Å². The molecule has 1 heterocycles. The van der Waals surface area contributed by atoms with Gasteiger partial charge < -0.3 is 19.5 Å². The number of halogens is 2. The van der Waals surface area contributed by atoms with Gasteiger partial charge in [-0.05, 0) is 12.1 Å². The molecule has 0 radical (unpaired) electrons. The lowest BCUT2D eigenvalue weighted by molar-refractivity contribution is -0.385. The van der Waals surface area contributed by atoms with E-state index >= 15 is 0 Å². The van der Waals surface area contributed by atoms with E-state index in [0.29, 0.717) is 5.69 Å². The highest BCUT2D eigenvalue weighted by molar-refractivity contribution is 7.07. The van der Waals surface area contributed by atoms with E-state index in [-0.39, 0.29) is 35.1 Å². The molecule has 162 valence electrons. The Hall–Kier alpha value is -3.80. The van der Waals surface area contributed by atoms with Gasteiger partial charge in [0.1, 0.15) is 17.9 Å². The molecule has 0 bridgehead atoms. The first kappa shape index (κ1) is 21.9. The standard InChI is InChI=1S/C19H15F2N3O6S/c1-28-16-6-14(18(25)23-11-3-2-4-13(5-11)30-19(20)21)15(24(26)27)7-17(16)29-8-12-9-31-10-22-12/h2-7,9-10,19H,8H2,1H3,(H,23,25). The van der Waals surface area contributed by atoms with Gasteiger partial charge in [-0.15, -0.1) is 11.3 Å². The second-order valence-electron chi connectivity index (χ2n) is 5.91. The number of rotatable bonds is 9. The summed E-state index contributed by atoms with van der Waals surface area (Å²) in [5.41, 5.74) is 1.53. The number of methoxy groups -OCH3 is 1. The number of benzene rings is 2. The number of nitrogens with zero attached hydrogens (tertiary/aromatic N) is 2. The van der Waals surface area contributed by atoms with Crippen molar-refractivity contribution in [1.29, 1.82) is 0 Å². The van der Waals surface area contributed by atoms with E-state index in [9.17, 15) is 23.7 Å². The average Bonchev–Trinajstić information content (AvgIpc) is 3.25. The van der Waals surface area contributed by atoms with Gasteiger partial charge in [0.2, 0.25) is 0 Å². The van der Waals surface area contributed by atoms with Crippen molar-refractivity contribution < 1.29 is 32.7 Å². The topological polar surface area (TPSA) is 113 Å². The molecule has 0 saturated heterocycles. The van der Waals surface area contributed by atoms with Gasteiger partial charge in [-0.3, -0.25) is 14.9 Å². The Morgan fingerprint density at radius 1 is 1.29 bits per heavy atom. The van der Waals surface area contributed by atoms with Gasteiger partial charge in [0.25, 0.3) is 11.6 Å². The molecule has 12 heteroatoms. The van der Waals surface area contributed by atoms with Crippen molar-refractivity contribution >= 4 is 28.6 Å². The lowest BCUT2D eigenvalue weighted by atomic mass is 10.1. The fraction of sp³-hybridized carbons (Fsp3) is 0.158. The van der Waals surface area contributed by atoms with Crippen LogP contribution in [0.3, 0.4) is 0 Å². The average molecular weight is 451 g/mol. The van der Waals surface area contributed by atoms with E-state index < -0.39 is 23.1 Å². The van der Waals surface area contributed by atoms with Gasteiger partial charge in [0, 0.05) is 23.2 Å². The number of nitrogens with one attached hydrogen (secondary N) is 1. The Kier molecular flexibility index (Phi) is 6.92. The third kappa shape index (κ3) is 5.63. The Bertz CT molecular complexity index is 1080. The number of carbonyl (C=O) groups is 1. The van der Waals surface area contributed by atoms with Crippen molar-refractivity contribution in [2.24, 2.45) is 0 Å². The van der Waals surface area contributed by atoms with Crippen LogP contribution in [0, 0.1) is 10.1 Å². The number of nitro groups is 1. The molecule has 1 amide bonds. The minimum Gasteiger partial charge on any atom is -0.493 e. The third-order valence-electron chi connectivity index (χ3n) is 3.90. The van der Waals surface area contributed by atoms with Crippen molar-refractivity contribution in [3.8, 4) is 17.2 Å². The van der Waals surface area contributed by atoms with Gasteiger partial charge in [0.15, 0.2) is 11.5 Å². The van der Waals surface area contributed by atoms with Gasteiger partial charge in [-0.1, -0.05) is 6.07 Å². The van der Waals surface area contributed by atoms with Crippen molar-refractivity contribution in [2.75, 3.05) is 12.4 Å². The summed E-state index contributed by atoms with van der Waals surface area (Å²) in [7, 11) is 1.32. The van der Waals surface area contributed by atoms with Crippen LogP contribution in [0.4, 0.5) is 20.2 Å². The van der Waals surface area contributed by atoms with E-state index in [1.165, 1.54) is 48.8 Å². The monoisotopic (exact) mass is 451 g/mol. The molecule has 1 N–H and O–H groups in total. The summed E-state index contributed by atoms with van der Waals surface area (Å²) in [5.74, 6) is -0.859. The lowest BCUT2D eigenvalue weighted by Gasteiger charge is -2.13. The second kappa shape index (κ2) is 9.80. The molecule has 0 aliphatic rings. The number of aromatic nitrogens is 1. The number of hydrogen-bond acceptors (Lipinski definition) is 8. The van der Waals surface area contributed by atoms with Crippen LogP contribution in [0.2, 0.25) is 0 Å². The summed E-state index contributed by atoms with van der Waals surface area (Å²) in [6.45, 7) is -2.98. The lowest BCUT2D eigenvalue weighted by Crippen LogP contribution is -2.15. The van der Waals surface area contributed by atoms with Crippen molar-refractivity contribution in [3.05, 3.63) is 68.7 Å². The molecular weight excluding hydrogens is 436 g/mol. The van der Waals surface area contributed by atoms with E-state index in [2.05, 4.69) is 15.0 Å². The minimum absolute atomic E-state index is 0.0550. The Morgan fingerprint density at radius 3 is 2.74 bits per heavy atom. The number of alkyl halides is 2. The largest absolute Gasteiger partial charge is 0.493 e. The Balaban J connectivity index is 1.87. The van der Waals surface area contributed by atoms with E-state index in [1.807, 2.05) is 0 Å². The molecule has 0 spiro atoms. The predicted octanol–water partition coefficient (Wildman–Crippen LogP) is 4.49. The smallest absolute Gasteiger partial charge is 0.387 e. The molecule has 0 atom stereocenters. The molecule has 2 aromatic carbocycles. The second-order valence-corrected chi connectivity index (χ2v) is 6.62. The first-order chi connectivity index (χ1) is 14.9. The molecule has 1 aromatic heterocycles. The zero-order valence-electron chi connectivity index (χ0n) is 15.9. The van der Waals surface area contributed by atoms with Crippen LogP contribution in [0.25, 0.3) is 0 Å². The SMILES string of the molecule is COc1cc(C(=O)Nc2cccc(OC(F)F)c2)c([N+](=O)[O-])cc1OCc1cscn1. The van der Waals surface area contributed by atoms with Gasteiger partial charge in [-0.2, -0.15) is 8.78 Å². The number of amides is 1. The minimum atomic E-state index is -3.03. The fourth-order valence-corrected chi connectivity index (χ4v) is 3.11. The molecule has 0 aliphatic carbocycles. The molecule has 0 aliphatic heterocycles. The fourth-order valence-electron chi connectivity index (χ4n) is 2.56. The number of thiazole rings is 1. The predicted molar refractivity (Wildman–Crippen MR) is 107 cm³/mol. The van der Waals surface area contributed by atoms with Gasteiger partial charge in [-0.25, -0.2) is 4.98 Å². The maximum atomic E-state index is 12.7. The van der Waals surface area contributed by atoms with Gasteiger partial charge >= 0.3 is 6.61 Å². The molecule has 3 rings (SSSR count). The first-order valence-corrected chi connectivity index (χ1v) is 9.54. The molecular formula is C19H15F2N3O6S. The van der Waals surface area contributed by atoms with Crippen LogP contribution in [-0.4, -0.2) is 29.5 Å². The molecule has 0 saturated carbocycles. The zero-order chi connectivity index (χ0) is 22.4. The summed E-state index contributed by atoms with van der Waals surface area (Å²) < 4.78 is 39.8. The molecule has 9 nitrogen and oxygen atoms in total. The highest BCUT2D eigenvalue weighted by Gasteiger charge is 2.25. The van der Waals surface area contributed by atoms with E-state index in [1.54, 1.807) is 10.9 Å². The molecule has 0 fully saturated rings. The summed E-state index contributed by atoms with van der Waals surface area (Å²) in [4.78, 5) is 27.6. The van der Waals surface area contributed by atoms with Crippen LogP contribution in [0.1, 0.15) is 16.1 Å². The summed E-state index contributed by atoms with van der Waals surface area (Å²) in [6, 6.07) is 7.50. The maximum Gasteiger partial charge on any atom is 0.387 e. The Labute approximate surface area is 178 Å². The van der Waals surface area contributed by atoms with Crippen LogP contribution in [0.15, 0.2) is 47.3 Å². The van der Waals surface area contributed by atoms with Crippen LogP contribution in [0.5, 0.6) is 17.2 Å². The number of hydrogen-bond donors (Lipinski definition) is 1. The van der Waals surface area contributed by atoms with Crippen molar-refractivity contribution in [1.82, 2.24) is 4.98 Å². The first-order valence-electron chi connectivity index (χ1n) is 8.60. The highest BCUT2D eigenvalue weighted by Crippen LogP contribution is 2.35. The number of anilines is 1. The van der Waals surface area contributed by atoms with Crippen molar-refractivity contribution in [2.45, 2.75) is 13.2 Å².